The number of nitrogens with one attached hydrogen (secondary N) is 1. The number of β-lactam (4-membered cyclic amide) rings is 1. The van der Waals surface area contributed by atoms with Gasteiger partial charge in [-0.2, -0.15) is 4.57 Å². The Hall–Kier alpha value is -4.18. The van der Waals surface area contributed by atoms with Gasteiger partial charge in [0.15, 0.2) is 15.7 Å². The number of nitrogen functional groups attached to an aromatic ring is 2. The molecular weight excluding hydrogens is 498 g/mol. The second kappa shape index (κ2) is 8.24. The third-order valence-corrected chi connectivity index (χ3v) is 7.60. The van der Waals surface area contributed by atoms with Gasteiger partial charge in [0, 0.05) is 11.4 Å². The minimum atomic E-state index is -1.63. The normalized spacial score (nSPS) is 21.8. The SMILES string of the molecule is CON=CC(=O)NC1(c2csc(N)n2)S[C@H]2CC(=O)N2C(C(=O)[O-])=C1[n+]1ccc(N)n2nccc21. The Morgan fingerprint density at radius 3 is 2.89 bits per heavy atom. The molecule has 1 unspecified atom stereocenters. The average Bonchev–Trinajstić information content (AvgIpc) is 3.47. The van der Waals surface area contributed by atoms with Gasteiger partial charge in [-0.3, -0.25) is 14.5 Å². The van der Waals surface area contributed by atoms with Crippen LogP contribution in [0.4, 0.5) is 10.9 Å². The molecule has 0 saturated carbocycles. The number of aromatic nitrogens is 4. The molecule has 16 heteroatoms. The summed E-state index contributed by atoms with van der Waals surface area (Å²) in [6.45, 7) is 0. The Labute approximate surface area is 204 Å². The lowest BCUT2D eigenvalue weighted by Crippen LogP contribution is -2.65. The van der Waals surface area contributed by atoms with Crippen molar-refractivity contribution in [3.63, 3.8) is 0 Å². The van der Waals surface area contributed by atoms with Crippen molar-refractivity contribution >= 4 is 69.4 Å². The van der Waals surface area contributed by atoms with Crippen LogP contribution in [-0.4, -0.2) is 56.0 Å². The van der Waals surface area contributed by atoms with E-state index in [1.807, 2.05) is 0 Å². The highest BCUT2D eigenvalue weighted by Gasteiger charge is 2.58. The molecule has 2 atom stereocenters. The number of carbonyl (C=O) groups is 3. The number of thiazole rings is 1. The Morgan fingerprint density at radius 2 is 2.23 bits per heavy atom. The molecule has 3 aromatic rings. The van der Waals surface area contributed by atoms with Crippen molar-refractivity contribution in [1.82, 2.24) is 24.8 Å². The number of nitrogens with zero attached hydrogens (tertiary/aromatic N) is 6. The Morgan fingerprint density at radius 1 is 1.43 bits per heavy atom. The van der Waals surface area contributed by atoms with E-state index in [0.29, 0.717) is 5.65 Å². The third kappa shape index (κ3) is 3.45. The minimum absolute atomic E-state index is 0.0261. The smallest absolute Gasteiger partial charge is 0.315 e. The number of hydrogen-bond donors (Lipinski definition) is 3. The Kier molecular flexibility index (Phi) is 5.32. The zero-order chi connectivity index (χ0) is 24.9. The maximum atomic E-state index is 12.9. The van der Waals surface area contributed by atoms with E-state index in [0.717, 1.165) is 34.2 Å². The van der Waals surface area contributed by atoms with Crippen LogP contribution >= 0.6 is 23.1 Å². The predicted octanol–water partition coefficient (Wildman–Crippen LogP) is -1.93. The number of carbonyl (C=O) groups excluding carboxylic acids is 3. The van der Waals surface area contributed by atoms with E-state index in [4.69, 9.17) is 11.5 Å². The summed E-state index contributed by atoms with van der Waals surface area (Å²) < 4.78 is 2.84. The van der Waals surface area contributed by atoms with E-state index in [1.54, 1.807) is 11.4 Å². The van der Waals surface area contributed by atoms with E-state index in [-0.39, 0.29) is 28.8 Å². The Balaban J connectivity index is 1.87. The average molecular weight is 516 g/mol. The number of amides is 2. The minimum Gasteiger partial charge on any atom is -0.543 e. The van der Waals surface area contributed by atoms with Crippen molar-refractivity contribution < 1.29 is 28.9 Å². The van der Waals surface area contributed by atoms with Gasteiger partial charge in [-0.25, -0.2) is 4.98 Å². The molecule has 2 aliphatic rings. The molecule has 14 nitrogen and oxygen atoms in total. The number of carboxylic acids is 1. The lowest BCUT2D eigenvalue weighted by atomic mass is 10.0. The molecule has 0 aromatic carbocycles. The van der Waals surface area contributed by atoms with Crippen LogP contribution in [0.25, 0.3) is 11.3 Å². The molecule has 5 heterocycles. The van der Waals surface area contributed by atoms with Gasteiger partial charge in [-0.05, 0) is 0 Å². The van der Waals surface area contributed by atoms with Gasteiger partial charge < -0.3 is 31.5 Å². The molecule has 180 valence electrons. The topological polar surface area (TPSA) is 197 Å². The predicted molar refractivity (Wildman–Crippen MR) is 123 cm³/mol. The highest BCUT2D eigenvalue weighted by Crippen LogP contribution is 2.54. The van der Waals surface area contributed by atoms with Crippen molar-refractivity contribution in [2.75, 3.05) is 18.6 Å². The number of carboxylic acid groups (broad SMARTS) is 1. The van der Waals surface area contributed by atoms with Gasteiger partial charge >= 0.3 is 5.65 Å². The van der Waals surface area contributed by atoms with E-state index >= 15 is 0 Å². The number of nitrogens with two attached hydrogens (primary N) is 2. The maximum absolute atomic E-state index is 12.9. The van der Waals surface area contributed by atoms with Crippen LogP contribution in [0.15, 0.2) is 40.8 Å². The third-order valence-electron chi connectivity index (χ3n) is 5.42. The van der Waals surface area contributed by atoms with Gasteiger partial charge in [-0.1, -0.05) is 26.5 Å². The molecule has 2 aliphatic heterocycles. The molecule has 1 saturated heterocycles. The van der Waals surface area contributed by atoms with Crippen molar-refractivity contribution in [3.05, 3.63) is 41.3 Å². The van der Waals surface area contributed by atoms with Crippen LogP contribution in [0.1, 0.15) is 12.1 Å². The molecule has 35 heavy (non-hydrogen) atoms. The molecule has 1 fully saturated rings. The first-order valence-corrected chi connectivity index (χ1v) is 11.7. The number of anilines is 2. The van der Waals surface area contributed by atoms with Crippen LogP contribution in [-0.2, 0) is 24.1 Å². The Bertz CT molecular complexity index is 1450. The fourth-order valence-corrected chi connectivity index (χ4v) is 6.37. The molecule has 0 bridgehead atoms. The van der Waals surface area contributed by atoms with Gasteiger partial charge in [0.1, 0.15) is 25.2 Å². The first kappa shape index (κ1) is 22.6. The summed E-state index contributed by atoms with van der Waals surface area (Å²) in [6, 6.07) is 3.10. The fourth-order valence-electron chi connectivity index (χ4n) is 4.02. The lowest BCUT2D eigenvalue weighted by molar-refractivity contribution is -0.562. The highest BCUT2D eigenvalue weighted by atomic mass is 32.2. The van der Waals surface area contributed by atoms with Gasteiger partial charge in [-0.15, -0.1) is 11.3 Å². The fraction of sp³-hybridized carbons (Fsp3) is 0.211. The summed E-state index contributed by atoms with van der Waals surface area (Å²) >= 11 is 2.24. The lowest BCUT2D eigenvalue weighted by Gasteiger charge is -2.51. The summed E-state index contributed by atoms with van der Waals surface area (Å²) in [6.07, 6.45) is 3.93. The van der Waals surface area contributed by atoms with Crippen molar-refractivity contribution in [1.29, 1.82) is 0 Å². The summed E-state index contributed by atoms with van der Waals surface area (Å²) in [7, 11) is 1.27. The van der Waals surface area contributed by atoms with Gasteiger partial charge in [0.05, 0.1) is 35.7 Å². The van der Waals surface area contributed by atoms with Crippen molar-refractivity contribution in [2.45, 2.75) is 16.7 Å². The molecule has 5 N–H and O–H groups in total. The highest BCUT2D eigenvalue weighted by molar-refractivity contribution is 8.01. The van der Waals surface area contributed by atoms with Crippen LogP contribution < -0.4 is 26.5 Å². The molecule has 0 spiro atoms. The number of thioether (sulfide) groups is 1. The summed E-state index contributed by atoms with van der Waals surface area (Å²) in [5.74, 6) is -2.45. The number of hydrogen-bond acceptors (Lipinski definition) is 12. The van der Waals surface area contributed by atoms with Gasteiger partial charge in [0.2, 0.25) is 11.7 Å². The molecular formula is C19H17N9O5S2. The standard InChI is InChI=1S/C19H17N9O5S2/c1-33-23-7-11(29)25-19(9-8-34-18(21)24-9)16(15(17(31)32)27-13(30)6-14(27)35-19)26-5-3-10(20)28-12(26)2-4-22-28/h2-5,7-8,14,20H,6H2,1H3,(H4,21,24,25,29,31,32)/t14-,19?/m0/s1. The zero-order valence-electron chi connectivity index (χ0n) is 17.9. The second-order valence-corrected chi connectivity index (χ2v) is 9.68. The largest absolute Gasteiger partial charge is 0.543 e. The molecule has 0 radical (unpaired) electrons. The number of oxime groups is 1. The first-order chi connectivity index (χ1) is 16.8. The first-order valence-electron chi connectivity index (χ1n) is 9.97. The monoisotopic (exact) mass is 515 g/mol. The number of rotatable bonds is 6. The van der Waals surface area contributed by atoms with Crippen LogP contribution in [0, 0.1) is 0 Å². The van der Waals surface area contributed by atoms with Crippen LogP contribution in [0.3, 0.4) is 0 Å². The van der Waals surface area contributed by atoms with E-state index in [2.05, 4.69) is 25.4 Å². The molecule has 5 rings (SSSR count). The quantitative estimate of drug-likeness (QED) is 0.144. The zero-order valence-corrected chi connectivity index (χ0v) is 19.6. The van der Waals surface area contributed by atoms with E-state index < -0.39 is 33.7 Å². The van der Waals surface area contributed by atoms with Crippen LogP contribution in [0.5, 0.6) is 0 Å². The number of fused-ring (bicyclic) bond motifs is 2. The maximum Gasteiger partial charge on any atom is 0.315 e. The van der Waals surface area contributed by atoms with Gasteiger partial charge in [0.25, 0.3) is 5.91 Å². The second-order valence-electron chi connectivity index (χ2n) is 7.40. The van der Waals surface area contributed by atoms with E-state index in [1.165, 1.54) is 34.7 Å². The summed E-state index contributed by atoms with van der Waals surface area (Å²) in [4.78, 5) is 46.5. The number of aliphatic carboxylic acids is 1. The van der Waals surface area contributed by atoms with Crippen LogP contribution in [0.2, 0.25) is 0 Å². The van der Waals surface area contributed by atoms with Crippen molar-refractivity contribution in [3.8, 4) is 0 Å². The summed E-state index contributed by atoms with van der Waals surface area (Å²) in [5.41, 5.74) is 12.1. The molecule has 2 amide bonds. The molecule has 0 aliphatic carbocycles. The van der Waals surface area contributed by atoms with Crippen molar-refractivity contribution in [2.24, 2.45) is 5.16 Å². The molecule has 3 aromatic heterocycles. The summed E-state index contributed by atoms with van der Waals surface area (Å²) in [5, 5.41) is 24.2. The van der Waals surface area contributed by atoms with E-state index in [9.17, 15) is 19.5 Å².